The summed E-state index contributed by atoms with van der Waals surface area (Å²) in [6, 6.07) is 0. The molecule has 0 bridgehead atoms. The van der Waals surface area contributed by atoms with Gasteiger partial charge in [0.1, 0.15) is 11.6 Å². The van der Waals surface area contributed by atoms with Crippen LogP contribution in [0, 0.1) is 5.92 Å². The van der Waals surface area contributed by atoms with Gasteiger partial charge in [0, 0.05) is 7.05 Å². The molecule has 0 aliphatic heterocycles. The fraction of sp³-hybridized carbons (Fsp3) is 0.615. The molecule has 0 aromatic carbocycles. The Kier molecular flexibility index (Phi) is 3.59. The topological polar surface area (TPSA) is 69.6 Å². The second-order valence-electron chi connectivity index (χ2n) is 5.20. The monoisotopic (exact) mass is 277 g/mol. The molecule has 1 fully saturated rings. The maximum Gasteiger partial charge on any atom is 0.163 e. The highest BCUT2D eigenvalue weighted by molar-refractivity contribution is 7.98. The van der Waals surface area contributed by atoms with Gasteiger partial charge in [-0.15, -0.1) is 0 Å². The zero-order valence-corrected chi connectivity index (χ0v) is 12.0. The zero-order chi connectivity index (χ0) is 13.2. The zero-order valence-electron chi connectivity index (χ0n) is 11.2. The van der Waals surface area contributed by atoms with Crippen LogP contribution in [-0.4, -0.2) is 25.5 Å². The predicted molar refractivity (Wildman–Crippen MR) is 78.8 cm³/mol. The number of hydrogen-bond donors (Lipinski definition) is 1. The molecular formula is C13H19N5S. The first kappa shape index (κ1) is 12.7. The first-order valence-electron chi connectivity index (χ1n) is 6.76. The number of hydrogen-bond acceptors (Lipinski definition) is 5. The second-order valence-corrected chi connectivity index (χ2v) is 6.23. The van der Waals surface area contributed by atoms with Crippen LogP contribution in [0.3, 0.4) is 0 Å². The van der Waals surface area contributed by atoms with Gasteiger partial charge in [-0.2, -0.15) is 16.9 Å². The molecule has 0 spiro atoms. The Morgan fingerprint density at radius 1 is 1.37 bits per heavy atom. The van der Waals surface area contributed by atoms with Gasteiger partial charge in [0.25, 0.3) is 0 Å². The number of fused-ring (bicyclic) bond motifs is 1. The van der Waals surface area contributed by atoms with Gasteiger partial charge in [0.15, 0.2) is 5.65 Å². The number of aryl methyl sites for hydroxylation is 1. The summed E-state index contributed by atoms with van der Waals surface area (Å²) in [6.07, 6.45) is 7.29. The normalized spacial score (nSPS) is 16.5. The van der Waals surface area contributed by atoms with Crippen molar-refractivity contribution in [1.29, 1.82) is 0 Å². The summed E-state index contributed by atoms with van der Waals surface area (Å²) < 4.78 is 1.75. The Morgan fingerprint density at radius 3 is 2.95 bits per heavy atom. The SMILES string of the molecule is Cn1ncc2c(N)nc(CSCC3CCCC3)nc21. The van der Waals surface area contributed by atoms with Crippen molar-refractivity contribution in [3.8, 4) is 0 Å². The van der Waals surface area contributed by atoms with Crippen molar-refractivity contribution in [3.63, 3.8) is 0 Å². The Hall–Kier alpha value is -1.30. The number of anilines is 1. The third-order valence-electron chi connectivity index (χ3n) is 3.73. The first-order valence-corrected chi connectivity index (χ1v) is 7.91. The molecule has 0 atom stereocenters. The molecule has 2 N–H and O–H groups in total. The van der Waals surface area contributed by atoms with Crippen LogP contribution < -0.4 is 5.73 Å². The van der Waals surface area contributed by atoms with Crippen molar-refractivity contribution >= 4 is 28.6 Å². The lowest BCUT2D eigenvalue weighted by Gasteiger charge is -2.08. The lowest BCUT2D eigenvalue weighted by molar-refractivity contribution is 0.623. The molecule has 2 aromatic rings. The van der Waals surface area contributed by atoms with E-state index >= 15 is 0 Å². The average molecular weight is 277 g/mol. The first-order chi connectivity index (χ1) is 9.24. The van der Waals surface area contributed by atoms with Crippen LogP contribution in [0.15, 0.2) is 6.20 Å². The van der Waals surface area contributed by atoms with Gasteiger partial charge < -0.3 is 5.73 Å². The van der Waals surface area contributed by atoms with Crippen LogP contribution in [0.4, 0.5) is 5.82 Å². The van der Waals surface area contributed by atoms with Gasteiger partial charge in [-0.25, -0.2) is 9.97 Å². The summed E-state index contributed by atoms with van der Waals surface area (Å²) >= 11 is 1.92. The van der Waals surface area contributed by atoms with E-state index in [4.69, 9.17) is 5.73 Å². The second kappa shape index (κ2) is 5.36. The van der Waals surface area contributed by atoms with Crippen LogP contribution in [0.1, 0.15) is 31.5 Å². The summed E-state index contributed by atoms with van der Waals surface area (Å²) in [6.45, 7) is 0. The van der Waals surface area contributed by atoms with Crippen LogP contribution in [0.25, 0.3) is 11.0 Å². The predicted octanol–water partition coefficient (Wildman–Crippen LogP) is 2.37. The maximum absolute atomic E-state index is 5.95. The highest BCUT2D eigenvalue weighted by Crippen LogP contribution is 2.29. The number of nitrogens with zero attached hydrogens (tertiary/aromatic N) is 4. The molecule has 1 saturated carbocycles. The summed E-state index contributed by atoms with van der Waals surface area (Å²) in [4.78, 5) is 8.92. The standard InChI is InChI=1S/C13H19N5S/c1-18-13-10(6-15-18)12(14)16-11(17-13)8-19-7-9-4-2-3-5-9/h6,9H,2-5,7-8H2,1H3,(H2,14,16,17). The van der Waals surface area contributed by atoms with E-state index in [-0.39, 0.29) is 0 Å². The molecular weight excluding hydrogens is 258 g/mol. The van der Waals surface area contributed by atoms with Crippen molar-refractivity contribution in [3.05, 3.63) is 12.0 Å². The quantitative estimate of drug-likeness (QED) is 0.929. The van der Waals surface area contributed by atoms with Gasteiger partial charge >= 0.3 is 0 Å². The minimum atomic E-state index is 0.537. The number of rotatable bonds is 4. The molecule has 6 heteroatoms. The minimum absolute atomic E-state index is 0.537. The van der Waals surface area contributed by atoms with Crippen LogP contribution in [0.2, 0.25) is 0 Å². The van der Waals surface area contributed by atoms with Crippen LogP contribution >= 0.6 is 11.8 Å². The van der Waals surface area contributed by atoms with E-state index in [9.17, 15) is 0 Å². The highest BCUT2D eigenvalue weighted by Gasteiger charge is 2.15. The Balaban J connectivity index is 1.68. The van der Waals surface area contributed by atoms with Gasteiger partial charge in [-0.3, -0.25) is 4.68 Å². The number of nitrogens with two attached hydrogens (primary N) is 1. The van der Waals surface area contributed by atoms with Crippen LogP contribution in [0.5, 0.6) is 0 Å². The van der Waals surface area contributed by atoms with Crippen molar-refractivity contribution in [2.45, 2.75) is 31.4 Å². The lowest BCUT2D eigenvalue weighted by atomic mass is 10.1. The van der Waals surface area contributed by atoms with E-state index in [0.717, 1.165) is 28.5 Å². The van der Waals surface area contributed by atoms with Crippen molar-refractivity contribution in [2.75, 3.05) is 11.5 Å². The van der Waals surface area contributed by atoms with Crippen molar-refractivity contribution in [1.82, 2.24) is 19.7 Å². The summed E-state index contributed by atoms with van der Waals surface area (Å²) in [5.41, 5.74) is 6.77. The van der Waals surface area contributed by atoms with E-state index in [1.54, 1.807) is 10.9 Å². The average Bonchev–Trinajstić information content (AvgIpc) is 3.01. The summed E-state index contributed by atoms with van der Waals surface area (Å²) in [7, 11) is 1.88. The van der Waals surface area contributed by atoms with E-state index in [2.05, 4.69) is 15.1 Å². The molecule has 0 saturated heterocycles. The summed E-state index contributed by atoms with van der Waals surface area (Å²) in [5, 5.41) is 5.01. The third-order valence-corrected chi connectivity index (χ3v) is 4.90. The maximum atomic E-state index is 5.95. The molecule has 5 nitrogen and oxygen atoms in total. The fourth-order valence-electron chi connectivity index (χ4n) is 2.65. The molecule has 102 valence electrons. The molecule has 1 aliphatic carbocycles. The Bertz CT molecular complexity index is 574. The van der Waals surface area contributed by atoms with E-state index in [1.165, 1.54) is 31.4 Å². The van der Waals surface area contributed by atoms with Crippen molar-refractivity contribution < 1.29 is 0 Å². The van der Waals surface area contributed by atoms with Gasteiger partial charge in [0.05, 0.1) is 17.3 Å². The highest BCUT2D eigenvalue weighted by atomic mass is 32.2. The van der Waals surface area contributed by atoms with Crippen molar-refractivity contribution in [2.24, 2.45) is 13.0 Å². The molecule has 0 radical (unpaired) electrons. The molecule has 3 rings (SSSR count). The molecule has 0 unspecified atom stereocenters. The molecule has 1 aliphatic rings. The van der Waals surface area contributed by atoms with E-state index in [1.807, 2.05) is 18.8 Å². The summed E-state index contributed by atoms with van der Waals surface area (Å²) in [5.74, 6) is 4.29. The smallest absolute Gasteiger partial charge is 0.163 e. The molecule has 19 heavy (non-hydrogen) atoms. The molecule has 2 aromatic heterocycles. The molecule has 2 heterocycles. The van der Waals surface area contributed by atoms with Gasteiger partial charge in [0.2, 0.25) is 0 Å². The lowest BCUT2D eigenvalue weighted by Crippen LogP contribution is -2.03. The van der Waals surface area contributed by atoms with Gasteiger partial charge in [-0.05, 0) is 24.5 Å². The minimum Gasteiger partial charge on any atom is -0.383 e. The van der Waals surface area contributed by atoms with Gasteiger partial charge in [-0.1, -0.05) is 12.8 Å². The fourth-order valence-corrected chi connectivity index (χ4v) is 3.75. The largest absolute Gasteiger partial charge is 0.383 e. The number of thioether (sulfide) groups is 1. The molecule has 0 amide bonds. The van der Waals surface area contributed by atoms with E-state index < -0.39 is 0 Å². The van der Waals surface area contributed by atoms with E-state index in [0.29, 0.717) is 5.82 Å². The number of nitrogen functional groups attached to an aromatic ring is 1. The number of aromatic nitrogens is 4. The Morgan fingerprint density at radius 2 is 2.16 bits per heavy atom. The van der Waals surface area contributed by atoms with Crippen LogP contribution in [-0.2, 0) is 12.8 Å². The third kappa shape index (κ3) is 2.68. The Labute approximate surface area is 117 Å².